The number of hydrogen-bond donors (Lipinski definition) is 1. The van der Waals surface area contributed by atoms with Crippen molar-refractivity contribution >= 4 is 0 Å². The van der Waals surface area contributed by atoms with E-state index in [1.54, 1.807) is 7.11 Å². The first-order valence-corrected chi connectivity index (χ1v) is 7.62. The Morgan fingerprint density at radius 3 is 2.84 bits per heavy atom. The number of methoxy groups -OCH3 is 1. The number of hydrogen-bond acceptors (Lipinski definition) is 3. The van der Waals surface area contributed by atoms with Gasteiger partial charge in [-0.05, 0) is 44.6 Å². The van der Waals surface area contributed by atoms with Gasteiger partial charge in [0, 0.05) is 12.6 Å². The summed E-state index contributed by atoms with van der Waals surface area (Å²) in [4.78, 5) is 0. The molecule has 1 atom stereocenters. The Labute approximate surface area is 116 Å². The van der Waals surface area contributed by atoms with Gasteiger partial charge in [-0.1, -0.05) is 13.8 Å². The van der Waals surface area contributed by atoms with E-state index in [0.717, 1.165) is 37.6 Å². The topological polar surface area (TPSA) is 39.1 Å². The average Bonchev–Trinajstić information content (AvgIpc) is 3.18. The molecule has 0 saturated heterocycles. The summed E-state index contributed by atoms with van der Waals surface area (Å²) in [5, 5.41) is 8.06. The molecular formula is C15H27N3O. The summed E-state index contributed by atoms with van der Waals surface area (Å²) in [6.07, 6.45) is 7.98. The van der Waals surface area contributed by atoms with Gasteiger partial charge in [0.25, 0.3) is 0 Å². The molecule has 2 rings (SSSR count). The molecule has 0 aromatic carbocycles. The number of ether oxygens (including phenoxy) is 1. The molecule has 0 spiro atoms. The Morgan fingerprint density at radius 2 is 2.26 bits per heavy atom. The second-order valence-electron chi connectivity index (χ2n) is 5.42. The maximum Gasteiger partial charge on any atom is 0.159 e. The zero-order valence-corrected chi connectivity index (χ0v) is 12.5. The smallest absolute Gasteiger partial charge is 0.159 e. The number of rotatable bonds is 9. The van der Waals surface area contributed by atoms with Crippen LogP contribution in [0.4, 0.5) is 0 Å². The Bertz CT molecular complexity index is 385. The maximum absolute atomic E-state index is 5.44. The van der Waals surface area contributed by atoms with Gasteiger partial charge in [0.05, 0.1) is 19.0 Å². The van der Waals surface area contributed by atoms with E-state index in [1.807, 2.05) is 6.20 Å². The fourth-order valence-electron chi connectivity index (χ4n) is 2.78. The molecule has 0 bridgehead atoms. The van der Waals surface area contributed by atoms with Crippen LogP contribution in [0.15, 0.2) is 6.20 Å². The molecule has 1 heterocycles. The molecule has 1 saturated carbocycles. The quantitative estimate of drug-likeness (QED) is 0.746. The van der Waals surface area contributed by atoms with E-state index < -0.39 is 0 Å². The first-order chi connectivity index (χ1) is 9.30. The molecule has 19 heavy (non-hydrogen) atoms. The third kappa shape index (κ3) is 3.72. The number of aromatic nitrogens is 2. The highest BCUT2D eigenvalue weighted by Gasteiger charge is 2.30. The third-order valence-electron chi connectivity index (χ3n) is 3.92. The highest BCUT2D eigenvalue weighted by atomic mass is 16.5. The van der Waals surface area contributed by atoms with E-state index in [4.69, 9.17) is 4.74 Å². The van der Waals surface area contributed by atoms with Crippen molar-refractivity contribution in [1.82, 2.24) is 15.1 Å². The van der Waals surface area contributed by atoms with Crippen molar-refractivity contribution in [1.29, 1.82) is 0 Å². The van der Waals surface area contributed by atoms with Crippen molar-refractivity contribution in [2.24, 2.45) is 5.92 Å². The van der Waals surface area contributed by atoms with Gasteiger partial charge in [0.15, 0.2) is 5.75 Å². The van der Waals surface area contributed by atoms with Crippen molar-refractivity contribution in [3.63, 3.8) is 0 Å². The predicted octanol–water partition coefficient (Wildman–Crippen LogP) is 2.62. The lowest BCUT2D eigenvalue weighted by Gasteiger charge is -2.17. The molecule has 1 aromatic rings. The molecule has 1 aromatic heterocycles. The molecule has 0 amide bonds. The standard InChI is InChI=1S/C15H27N3O/c1-4-10-18-14(15(19-3)11-17-18)9-8-13(16-5-2)12-6-7-12/h11-13,16H,4-10H2,1-3H3. The van der Waals surface area contributed by atoms with Crippen LogP contribution in [0.3, 0.4) is 0 Å². The Kier molecular flexibility index (Phi) is 5.25. The van der Waals surface area contributed by atoms with Crippen molar-refractivity contribution in [3.8, 4) is 5.75 Å². The molecule has 0 radical (unpaired) electrons. The van der Waals surface area contributed by atoms with Gasteiger partial charge in [0.2, 0.25) is 0 Å². The minimum atomic E-state index is 0.666. The molecule has 1 unspecified atom stereocenters. The van der Waals surface area contributed by atoms with E-state index in [2.05, 4.69) is 28.9 Å². The van der Waals surface area contributed by atoms with Crippen LogP contribution in [0.1, 0.15) is 45.2 Å². The molecule has 1 aliphatic carbocycles. The van der Waals surface area contributed by atoms with Gasteiger partial charge in [-0.25, -0.2) is 0 Å². The monoisotopic (exact) mass is 265 g/mol. The number of aryl methyl sites for hydroxylation is 1. The van der Waals surface area contributed by atoms with E-state index in [0.29, 0.717) is 6.04 Å². The lowest BCUT2D eigenvalue weighted by atomic mass is 10.0. The van der Waals surface area contributed by atoms with E-state index in [9.17, 15) is 0 Å². The fraction of sp³-hybridized carbons (Fsp3) is 0.800. The van der Waals surface area contributed by atoms with E-state index in [-0.39, 0.29) is 0 Å². The largest absolute Gasteiger partial charge is 0.493 e. The molecular weight excluding hydrogens is 238 g/mol. The van der Waals surface area contributed by atoms with Gasteiger partial charge in [-0.3, -0.25) is 4.68 Å². The molecule has 1 aliphatic rings. The lowest BCUT2D eigenvalue weighted by Crippen LogP contribution is -2.31. The normalized spacial score (nSPS) is 16.6. The average molecular weight is 265 g/mol. The second kappa shape index (κ2) is 6.94. The van der Waals surface area contributed by atoms with Crippen LogP contribution >= 0.6 is 0 Å². The summed E-state index contributed by atoms with van der Waals surface area (Å²) >= 11 is 0. The molecule has 1 fully saturated rings. The van der Waals surface area contributed by atoms with Crippen LogP contribution in [0.5, 0.6) is 5.75 Å². The maximum atomic E-state index is 5.44. The van der Waals surface area contributed by atoms with Crippen LogP contribution in [-0.2, 0) is 13.0 Å². The zero-order valence-electron chi connectivity index (χ0n) is 12.5. The zero-order chi connectivity index (χ0) is 13.7. The number of nitrogens with one attached hydrogen (secondary N) is 1. The van der Waals surface area contributed by atoms with Crippen LogP contribution in [0.2, 0.25) is 0 Å². The summed E-state index contributed by atoms with van der Waals surface area (Å²) in [5.41, 5.74) is 1.26. The summed E-state index contributed by atoms with van der Waals surface area (Å²) in [7, 11) is 1.74. The first-order valence-electron chi connectivity index (χ1n) is 7.62. The van der Waals surface area contributed by atoms with Crippen LogP contribution in [0, 0.1) is 5.92 Å². The summed E-state index contributed by atoms with van der Waals surface area (Å²) < 4.78 is 7.54. The van der Waals surface area contributed by atoms with Crippen molar-refractivity contribution in [2.45, 2.75) is 58.5 Å². The molecule has 4 nitrogen and oxygen atoms in total. The highest BCUT2D eigenvalue weighted by Crippen LogP contribution is 2.35. The van der Waals surface area contributed by atoms with E-state index >= 15 is 0 Å². The Morgan fingerprint density at radius 1 is 1.47 bits per heavy atom. The molecule has 108 valence electrons. The fourth-order valence-corrected chi connectivity index (χ4v) is 2.78. The van der Waals surface area contributed by atoms with Crippen molar-refractivity contribution < 1.29 is 4.74 Å². The SMILES string of the molecule is CCCn1ncc(OC)c1CCC(NCC)C1CC1. The third-order valence-corrected chi connectivity index (χ3v) is 3.92. The Balaban J connectivity index is 1.98. The Hall–Kier alpha value is -1.03. The van der Waals surface area contributed by atoms with Crippen molar-refractivity contribution in [2.75, 3.05) is 13.7 Å². The highest BCUT2D eigenvalue weighted by molar-refractivity contribution is 5.25. The van der Waals surface area contributed by atoms with Crippen LogP contribution < -0.4 is 10.1 Å². The molecule has 1 N–H and O–H groups in total. The van der Waals surface area contributed by atoms with Crippen molar-refractivity contribution in [3.05, 3.63) is 11.9 Å². The molecule has 0 aliphatic heterocycles. The van der Waals surface area contributed by atoms with E-state index in [1.165, 1.54) is 25.0 Å². The summed E-state index contributed by atoms with van der Waals surface area (Å²) in [5.74, 6) is 1.84. The van der Waals surface area contributed by atoms with Crippen LogP contribution in [-0.4, -0.2) is 29.5 Å². The van der Waals surface area contributed by atoms with Gasteiger partial charge in [-0.15, -0.1) is 0 Å². The first kappa shape index (κ1) is 14.4. The predicted molar refractivity (Wildman–Crippen MR) is 77.6 cm³/mol. The molecule has 4 heteroatoms. The lowest BCUT2D eigenvalue weighted by molar-refractivity contribution is 0.397. The van der Waals surface area contributed by atoms with Gasteiger partial charge < -0.3 is 10.1 Å². The number of nitrogens with zero attached hydrogens (tertiary/aromatic N) is 2. The summed E-state index contributed by atoms with van der Waals surface area (Å²) in [6.45, 7) is 6.42. The second-order valence-corrected chi connectivity index (χ2v) is 5.42. The van der Waals surface area contributed by atoms with Gasteiger partial charge in [-0.2, -0.15) is 5.10 Å². The van der Waals surface area contributed by atoms with Crippen LogP contribution in [0.25, 0.3) is 0 Å². The summed E-state index contributed by atoms with van der Waals surface area (Å²) in [6, 6.07) is 0.666. The minimum absolute atomic E-state index is 0.666. The minimum Gasteiger partial charge on any atom is -0.493 e. The van der Waals surface area contributed by atoms with Gasteiger partial charge in [0.1, 0.15) is 0 Å². The van der Waals surface area contributed by atoms with Gasteiger partial charge >= 0.3 is 0 Å².